The highest BCUT2D eigenvalue weighted by Crippen LogP contribution is 2.32. The van der Waals surface area contributed by atoms with Gasteiger partial charge in [0.25, 0.3) is 0 Å². The molecule has 1 aromatic carbocycles. The van der Waals surface area contributed by atoms with Crippen LogP contribution < -0.4 is 5.73 Å². The van der Waals surface area contributed by atoms with E-state index in [0.717, 1.165) is 11.8 Å². The van der Waals surface area contributed by atoms with E-state index in [2.05, 4.69) is 0 Å². The lowest BCUT2D eigenvalue weighted by Gasteiger charge is -2.18. The van der Waals surface area contributed by atoms with Crippen LogP contribution in [0.3, 0.4) is 0 Å². The highest BCUT2D eigenvalue weighted by molar-refractivity contribution is 8.04. The summed E-state index contributed by atoms with van der Waals surface area (Å²) >= 11 is 1.02. The Hall–Kier alpha value is -1.92. The van der Waals surface area contributed by atoms with Crippen LogP contribution in [0.15, 0.2) is 34.7 Å². The molecule has 0 saturated carbocycles. The Morgan fingerprint density at radius 3 is 2.35 bits per heavy atom. The minimum atomic E-state index is -1.13. The van der Waals surface area contributed by atoms with Crippen LogP contribution in [0.4, 0.5) is 0 Å². The van der Waals surface area contributed by atoms with E-state index in [0.29, 0.717) is 16.7 Å². The normalized spacial score (nSPS) is 16.1. The number of Topliss-reactive ketones (excluding diaryl/α,β-unsaturated/α-hetero) is 2. The summed E-state index contributed by atoms with van der Waals surface area (Å²) < 4.78 is 0. The van der Waals surface area contributed by atoms with Crippen LogP contribution >= 0.6 is 11.8 Å². The molecule has 1 aliphatic carbocycles. The van der Waals surface area contributed by atoms with Crippen molar-refractivity contribution in [3.8, 4) is 0 Å². The monoisotopic (exact) mass is 291 g/mol. The van der Waals surface area contributed by atoms with Crippen LogP contribution in [0.2, 0.25) is 0 Å². The Labute approximate surface area is 119 Å². The summed E-state index contributed by atoms with van der Waals surface area (Å²) in [4.78, 5) is 35.5. The minimum Gasteiger partial charge on any atom is -0.480 e. The van der Waals surface area contributed by atoms with Crippen molar-refractivity contribution in [2.75, 3.05) is 5.75 Å². The Morgan fingerprint density at radius 2 is 1.80 bits per heavy atom. The Bertz CT molecular complexity index is 636. The third-order valence-electron chi connectivity index (χ3n) is 3.03. The number of allylic oxidation sites excluding steroid dienone is 2. The summed E-state index contributed by atoms with van der Waals surface area (Å²) in [7, 11) is 0. The van der Waals surface area contributed by atoms with Gasteiger partial charge < -0.3 is 10.8 Å². The molecule has 0 saturated heterocycles. The van der Waals surface area contributed by atoms with Gasteiger partial charge in [0.05, 0.1) is 4.91 Å². The number of hydrogen-bond donors (Lipinski definition) is 2. The molecule has 0 fully saturated rings. The minimum absolute atomic E-state index is 0.0448. The van der Waals surface area contributed by atoms with Crippen molar-refractivity contribution in [3.05, 3.63) is 45.9 Å². The van der Waals surface area contributed by atoms with Crippen molar-refractivity contribution in [1.29, 1.82) is 0 Å². The molecule has 0 spiro atoms. The fourth-order valence-corrected chi connectivity index (χ4v) is 2.93. The topological polar surface area (TPSA) is 97.5 Å². The average molecular weight is 291 g/mol. The van der Waals surface area contributed by atoms with Crippen molar-refractivity contribution in [2.24, 2.45) is 5.73 Å². The van der Waals surface area contributed by atoms with E-state index in [1.165, 1.54) is 0 Å². The maximum Gasteiger partial charge on any atom is 0.321 e. The summed E-state index contributed by atoms with van der Waals surface area (Å²) in [6.07, 6.45) is 0. The number of carboxylic acid groups (broad SMARTS) is 1. The number of carboxylic acids is 1. The van der Waals surface area contributed by atoms with E-state index in [9.17, 15) is 14.4 Å². The van der Waals surface area contributed by atoms with Crippen molar-refractivity contribution in [2.45, 2.75) is 13.0 Å². The van der Waals surface area contributed by atoms with Gasteiger partial charge in [0.15, 0.2) is 11.6 Å². The van der Waals surface area contributed by atoms with E-state index >= 15 is 0 Å². The zero-order valence-electron chi connectivity index (χ0n) is 10.8. The number of carbonyl (C=O) groups is 3. The van der Waals surface area contributed by atoms with Crippen LogP contribution in [0.25, 0.3) is 0 Å². The zero-order valence-corrected chi connectivity index (χ0v) is 11.6. The first kappa shape index (κ1) is 14.5. The lowest BCUT2D eigenvalue weighted by molar-refractivity contribution is -0.137. The molecule has 0 bridgehead atoms. The number of fused-ring (bicyclic) bond motifs is 1. The number of rotatable bonds is 4. The summed E-state index contributed by atoms with van der Waals surface area (Å²) in [5.74, 6) is -1.54. The third kappa shape index (κ3) is 2.52. The van der Waals surface area contributed by atoms with Crippen LogP contribution in [0.1, 0.15) is 27.6 Å². The number of ketones is 2. The quantitative estimate of drug-likeness (QED) is 0.872. The van der Waals surface area contributed by atoms with Gasteiger partial charge in [-0.1, -0.05) is 24.3 Å². The van der Waals surface area contributed by atoms with Crippen molar-refractivity contribution in [1.82, 2.24) is 0 Å². The Morgan fingerprint density at radius 1 is 1.25 bits per heavy atom. The molecule has 1 aliphatic rings. The number of thioether (sulfide) groups is 1. The summed E-state index contributed by atoms with van der Waals surface area (Å²) in [6, 6.07) is 5.54. The lowest BCUT2D eigenvalue weighted by Crippen LogP contribution is -2.33. The molecule has 20 heavy (non-hydrogen) atoms. The average Bonchev–Trinajstić information content (AvgIpc) is 2.44. The largest absolute Gasteiger partial charge is 0.480 e. The predicted octanol–water partition coefficient (Wildman–Crippen LogP) is 1.48. The lowest BCUT2D eigenvalue weighted by atomic mass is 9.90. The summed E-state index contributed by atoms with van der Waals surface area (Å²) in [5.41, 5.74) is 6.51. The van der Waals surface area contributed by atoms with Gasteiger partial charge in [0, 0.05) is 22.5 Å². The molecule has 0 aromatic heterocycles. The van der Waals surface area contributed by atoms with E-state index in [4.69, 9.17) is 10.8 Å². The highest BCUT2D eigenvalue weighted by atomic mass is 32.2. The summed E-state index contributed by atoms with van der Waals surface area (Å²) in [6.45, 7) is 1.57. The van der Waals surface area contributed by atoms with Gasteiger partial charge >= 0.3 is 5.97 Å². The van der Waals surface area contributed by atoms with E-state index in [-0.39, 0.29) is 22.2 Å². The van der Waals surface area contributed by atoms with Crippen molar-refractivity contribution in [3.63, 3.8) is 0 Å². The van der Waals surface area contributed by atoms with Gasteiger partial charge in [-0.2, -0.15) is 0 Å². The van der Waals surface area contributed by atoms with Crippen LogP contribution in [-0.4, -0.2) is 34.4 Å². The maximum atomic E-state index is 12.3. The second kappa shape index (κ2) is 5.60. The summed E-state index contributed by atoms with van der Waals surface area (Å²) in [5, 5.41) is 8.75. The molecule has 0 amide bonds. The van der Waals surface area contributed by atoms with Crippen LogP contribution in [-0.2, 0) is 4.79 Å². The second-order valence-corrected chi connectivity index (χ2v) is 5.44. The van der Waals surface area contributed by atoms with Crippen LogP contribution in [0.5, 0.6) is 0 Å². The molecular weight excluding hydrogens is 278 g/mol. The highest BCUT2D eigenvalue weighted by Gasteiger charge is 2.30. The standard InChI is InChI=1S/C14H13NO4S/c1-7-11(16)8-4-2-3-5-9(8)12(17)13(7)20-6-10(15)14(18)19/h2-5,10H,6,15H2,1H3,(H,18,19). The smallest absolute Gasteiger partial charge is 0.321 e. The number of benzene rings is 1. The molecule has 1 aromatic rings. The first-order chi connectivity index (χ1) is 9.43. The zero-order chi connectivity index (χ0) is 14.9. The van der Waals surface area contributed by atoms with Gasteiger partial charge in [0.1, 0.15) is 6.04 Å². The first-order valence-electron chi connectivity index (χ1n) is 5.94. The fourth-order valence-electron chi connectivity index (χ4n) is 1.90. The van der Waals surface area contributed by atoms with Gasteiger partial charge in [-0.05, 0) is 6.92 Å². The Kier molecular flexibility index (Phi) is 4.06. The van der Waals surface area contributed by atoms with E-state index < -0.39 is 12.0 Å². The SMILES string of the molecule is CC1=C(SCC(N)C(=O)O)C(=O)c2ccccc2C1=O. The number of hydrogen-bond acceptors (Lipinski definition) is 5. The molecular formula is C14H13NO4S. The van der Waals surface area contributed by atoms with Gasteiger partial charge in [-0.3, -0.25) is 14.4 Å². The number of carbonyl (C=O) groups excluding carboxylic acids is 2. The Balaban J connectivity index is 2.30. The first-order valence-corrected chi connectivity index (χ1v) is 6.92. The number of aliphatic carboxylic acids is 1. The van der Waals surface area contributed by atoms with Crippen molar-refractivity contribution < 1.29 is 19.5 Å². The second-order valence-electron chi connectivity index (χ2n) is 4.41. The molecule has 1 atom stereocenters. The molecule has 6 heteroatoms. The van der Waals surface area contributed by atoms with Crippen LogP contribution in [0, 0.1) is 0 Å². The molecule has 0 aliphatic heterocycles. The molecule has 1 unspecified atom stereocenters. The number of nitrogens with two attached hydrogens (primary N) is 1. The van der Waals surface area contributed by atoms with Gasteiger partial charge in [-0.25, -0.2) is 0 Å². The van der Waals surface area contributed by atoms with E-state index in [1.54, 1.807) is 31.2 Å². The molecule has 2 rings (SSSR count). The fraction of sp³-hybridized carbons (Fsp3) is 0.214. The van der Waals surface area contributed by atoms with Crippen molar-refractivity contribution >= 4 is 29.3 Å². The van der Waals surface area contributed by atoms with Gasteiger partial charge in [-0.15, -0.1) is 11.8 Å². The van der Waals surface area contributed by atoms with Gasteiger partial charge in [0.2, 0.25) is 0 Å². The van der Waals surface area contributed by atoms with E-state index in [1.807, 2.05) is 0 Å². The molecule has 0 radical (unpaired) electrons. The maximum absolute atomic E-state index is 12.3. The molecule has 3 N–H and O–H groups in total. The third-order valence-corrected chi connectivity index (χ3v) is 4.33. The molecule has 0 heterocycles. The molecule has 5 nitrogen and oxygen atoms in total. The predicted molar refractivity (Wildman–Crippen MR) is 75.9 cm³/mol. The molecule has 104 valence electrons.